The summed E-state index contributed by atoms with van der Waals surface area (Å²) in [4.78, 5) is 12.2. The molecule has 0 saturated carbocycles. The van der Waals surface area contributed by atoms with Crippen LogP contribution in [0.5, 0.6) is 0 Å². The van der Waals surface area contributed by atoms with Gasteiger partial charge in [-0.1, -0.05) is 0 Å². The van der Waals surface area contributed by atoms with Crippen LogP contribution in [-0.2, 0) is 9.53 Å². The number of hydrogen-bond acceptors (Lipinski definition) is 2. The van der Waals surface area contributed by atoms with Crippen LogP contribution in [0.2, 0.25) is 0 Å². The average molecular weight is 356 g/mol. The van der Waals surface area contributed by atoms with E-state index in [4.69, 9.17) is 4.74 Å². The zero-order valence-electron chi connectivity index (χ0n) is 12.1. The molecule has 110 valence electrons. The van der Waals surface area contributed by atoms with Crippen molar-refractivity contribution < 1.29 is 9.53 Å². The molecule has 1 aliphatic rings. The second kappa shape index (κ2) is 6.81. The van der Waals surface area contributed by atoms with Crippen LogP contribution in [0.1, 0.15) is 5.56 Å². The summed E-state index contributed by atoms with van der Waals surface area (Å²) in [6, 6.07) is 19.6. The minimum atomic E-state index is -0.443. The molecule has 1 heterocycles. The van der Waals surface area contributed by atoms with E-state index in [0.29, 0.717) is 0 Å². The molecule has 2 atom stereocenters. The Bertz CT molecular complexity index is 706. The van der Waals surface area contributed by atoms with Gasteiger partial charge in [0.1, 0.15) is 0 Å². The van der Waals surface area contributed by atoms with E-state index < -0.39 is 6.10 Å². The van der Waals surface area contributed by atoms with Gasteiger partial charge in [-0.05, 0) is 0 Å². The van der Waals surface area contributed by atoms with Gasteiger partial charge in [0.05, 0.1) is 0 Å². The van der Waals surface area contributed by atoms with Crippen molar-refractivity contribution in [3.8, 4) is 11.8 Å². The fourth-order valence-corrected chi connectivity index (χ4v) is 4.23. The molecule has 22 heavy (non-hydrogen) atoms. The van der Waals surface area contributed by atoms with Crippen LogP contribution in [0.25, 0.3) is 0 Å². The van der Waals surface area contributed by atoms with Crippen molar-refractivity contribution in [1.29, 1.82) is 0 Å². The third-order valence-electron chi connectivity index (χ3n) is 3.34. The summed E-state index contributed by atoms with van der Waals surface area (Å²) in [7, 11) is 1.56. The van der Waals surface area contributed by atoms with Crippen molar-refractivity contribution in [3.63, 3.8) is 0 Å². The van der Waals surface area contributed by atoms with Crippen molar-refractivity contribution >= 4 is 25.5 Å². The Hall–Kier alpha value is -2.05. The first-order valence-electron chi connectivity index (χ1n) is 6.95. The quantitative estimate of drug-likeness (QED) is 0.470. The Balaban J connectivity index is 1.78. The number of benzene rings is 2. The Morgan fingerprint density at radius 1 is 1.05 bits per heavy atom. The van der Waals surface area contributed by atoms with E-state index in [-0.39, 0.29) is 27.1 Å². The van der Waals surface area contributed by atoms with E-state index in [0.717, 1.165) is 10.0 Å². The van der Waals surface area contributed by atoms with Crippen molar-refractivity contribution in [2.75, 3.05) is 7.11 Å². The SMILES string of the molecule is COC1C(=O)N([Se]c2ccccc2)C1C#Cc1ccccc1. The third-order valence-corrected chi connectivity index (χ3v) is 5.62. The number of rotatable bonds is 3. The van der Waals surface area contributed by atoms with Crippen molar-refractivity contribution in [2.24, 2.45) is 0 Å². The van der Waals surface area contributed by atoms with Gasteiger partial charge in [0.25, 0.3) is 0 Å². The van der Waals surface area contributed by atoms with Crippen LogP contribution in [0, 0.1) is 11.8 Å². The van der Waals surface area contributed by atoms with Crippen LogP contribution in [0.3, 0.4) is 0 Å². The van der Waals surface area contributed by atoms with Gasteiger partial charge < -0.3 is 0 Å². The number of carbonyl (C=O) groups is 1. The van der Waals surface area contributed by atoms with Crippen LogP contribution < -0.4 is 4.46 Å². The summed E-state index contributed by atoms with van der Waals surface area (Å²) >= 11 is -0.0661. The molecular weight excluding hydrogens is 341 g/mol. The van der Waals surface area contributed by atoms with Crippen LogP contribution in [-0.4, -0.2) is 44.3 Å². The van der Waals surface area contributed by atoms with Gasteiger partial charge in [-0.15, -0.1) is 0 Å². The van der Waals surface area contributed by atoms with Gasteiger partial charge in [-0.2, -0.15) is 0 Å². The van der Waals surface area contributed by atoms with Gasteiger partial charge in [0.2, 0.25) is 0 Å². The number of methoxy groups -OCH3 is 1. The van der Waals surface area contributed by atoms with Gasteiger partial charge in [0.15, 0.2) is 0 Å². The summed E-state index contributed by atoms with van der Waals surface area (Å²) in [6.45, 7) is 0. The van der Waals surface area contributed by atoms with E-state index in [1.54, 1.807) is 7.11 Å². The Labute approximate surface area is 136 Å². The number of nitrogens with zero attached hydrogens (tertiary/aromatic N) is 1. The van der Waals surface area contributed by atoms with Crippen molar-refractivity contribution in [3.05, 3.63) is 66.2 Å². The second-order valence-corrected chi connectivity index (χ2v) is 7.00. The molecule has 2 unspecified atom stereocenters. The summed E-state index contributed by atoms with van der Waals surface area (Å²) < 4.78 is 8.27. The Kier molecular flexibility index (Phi) is 4.60. The van der Waals surface area contributed by atoms with Gasteiger partial charge >= 0.3 is 136 Å². The summed E-state index contributed by atoms with van der Waals surface area (Å²) in [5, 5.41) is 0. The molecule has 1 amide bonds. The molecule has 0 N–H and O–H groups in total. The van der Waals surface area contributed by atoms with Crippen LogP contribution in [0.15, 0.2) is 60.7 Å². The molecule has 2 aromatic carbocycles. The minimum absolute atomic E-state index is 0.0266. The van der Waals surface area contributed by atoms with Crippen molar-refractivity contribution in [1.82, 2.24) is 3.92 Å². The molecule has 0 radical (unpaired) electrons. The number of hydrogen-bond donors (Lipinski definition) is 0. The maximum absolute atomic E-state index is 12.2. The predicted octanol–water partition coefficient (Wildman–Crippen LogP) is 1.21. The molecular formula is C18H15NO2Se. The predicted molar refractivity (Wildman–Crippen MR) is 86.6 cm³/mol. The zero-order valence-corrected chi connectivity index (χ0v) is 13.8. The molecule has 4 heteroatoms. The van der Waals surface area contributed by atoms with Gasteiger partial charge in [-0.3, -0.25) is 0 Å². The molecule has 1 saturated heterocycles. The van der Waals surface area contributed by atoms with Gasteiger partial charge in [-0.25, -0.2) is 0 Å². The topological polar surface area (TPSA) is 29.5 Å². The summed E-state index contributed by atoms with van der Waals surface area (Å²) in [6.07, 6.45) is -0.443. The third kappa shape index (κ3) is 3.08. The van der Waals surface area contributed by atoms with Crippen LogP contribution in [0.4, 0.5) is 0 Å². The summed E-state index contributed by atoms with van der Waals surface area (Å²) in [5.74, 6) is 6.34. The average Bonchev–Trinajstić information content (AvgIpc) is 2.58. The molecule has 2 aromatic rings. The zero-order chi connectivity index (χ0) is 15.4. The van der Waals surface area contributed by atoms with Crippen molar-refractivity contribution in [2.45, 2.75) is 12.1 Å². The first-order valence-corrected chi connectivity index (χ1v) is 8.57. The Morgan fingerprint density at radius 2 is 1.68 bits per heavy atom. The molecule has 0 spiro atoms. The van der Waals surface area contributed by atoms with Gasteiger partial charge in [0, 0.05) is 0 Å². The number of carbonyl (C=O) groups excluding carboxylic acids is 1. The number of β-lactam (4-membered cyclic amide) rings is 1. The molecule has 0 aliphatic carbocycles. The molecule has 0 bridgehead atoms. The number of amides is 1. The number of ether oxygens (including phenoxy) is 1. The molecule has 1 aliphatic heterocycles. The maximum atomic E-state index is 12.2. The normalized spacial score (nSPS) is 20.0. The first kappa shape index (κ1) is 14.9. The molecule has 1 fully saturated rings. The monoisotopic (exact) mass is 357 g/mol. The molecule has 3 nitrogen and oxygen atoms in total. The fraction of sp³-hybridized carbons (Fsp3) is 0.167. The fourth-order valence-electron chi connectivity index (χ4n) is 2.18. The summed E-state index contributed by atoms with van der Waals surface area (Å²) in [5.41, 5.74) is 0.948. The molecule has 0 aromatic heterocycles. The second-order valence-electron chi connectivity index (χ2n) is 4.80. The molecule has 3 rings (SSSR count). The first-order chi connectivity index (χ1) is 10.8. The van der Waals surface area contributed by atoms with Crippen LogP contribution >= 0.6 is 0 Å². The van der Waals surface area contributed by atoms with E-state index >= 15 is 0 Å². The van der Waals surface area contributed by atoms with E-state index in [1.807, 2.05) is 64.6 Å². The van der Waals surface area contributed by atoms with E-state index in [2.05, 4.69) is 11.8 Å². The van der Waals surface area contributed by atoms with E-state index in [9.17, 15) is 4.79 Å². The standard InChI is InChI=1S/C18H15NO2Se/c1-21-17-16(13-12-14-8-4-2-5-9-14)19(18(17)20)22-15-10-6-3-7-11-15/h2-11,16-17H,1H3. The Morgan fingerprint density at radius 3 is 2.32 bits per heavy atom. The van der Waals surface area contributed by atoms with E-state index in [1.165, 1.54) is 0 Å².